The number of nitrogens with one attached hydrogen (secondary N) is 1. The second-order valence-corrected chi connectivity index (χ2v) is 3.47. The van der Waals surface area contributed by atoms with Gasteiger partial charge in [-0.2, -0.15) is 0 Å². The Morgan fingerprint density at radius 2 is 2.07 bits per heavy atom. The third-order valence-corrected chi connectivity index (χ3v) is 2.13. The van der Waals surface area contributed by atoms with Gasteiger partial charge in [0, 0.05) is 18.2 Å². The summed E-state index contributed by atoms with van der Waals surface area (Å²) in [4.78, 5) is 11.5. The van der Waals surface area contributed by atoms with E-state index in [0.29, 0.717) is 11.1 Å². The summed E-state index contributed by atoms with van der Waals surface area (Å²) in [6.07, 6.45) is 0. The first kappa shape index (κ1) is 10.6. The summed E-state index contributed by atoms with van der Waals surface area (Å²) in [5.74, 6) is 0.147. The fourth-order valence-corrected chi connectivity index (χ4v) is 1.49. The molecule has 3 nitrogen and oxygen atoms in total. The van der Waals surface area contributed by atoms with Crippen LogP contribution in [0.3, 0.4) is 0 Å². The zero-order chi connectivity index (χ0) is 10.7. The lowest BCUT2D eigenvalue weighted by Crippen LogP contribution is -2.19. The van der Waals surface area contributed by atoms with Crippen LogP contribution in [0.5, 0.6) is 5.75 Å². The molecule has 0 aromatic heterocycles. The molecule has 0 aliphatic rings. The van der Waals surface area contributed by atoms with Crippen LogP contribution in [0.2, 0.25) is 0 Å². The van der Waals surface area contributed by atoms with Gasteiger partial charge < -0.3 is 10.4 Å². The first-order chi connectivity index (χ1) is 6.57. The topological polar surface area (TPSA) is 49.3 Å². The van der Waals surface area contributed by atoms with Crippen LogP contribution in [0, 0.1) is 0 Å². The molecule has 0 fully saturated rings. The number of carbonyl (C=O) groups is 1. The predicted octanol–water partition coefficient (Wildman–Crippen LogP) is 1.88. The van der Waals surface area contributed by atoms with Gasteiger partial charge in [-0.1, -0.05) is 19.9 Å². The number of rotatable bonds is 2. The Morgan fingerprint density at radius 3 is 2.57 bits per heavy atom. The molecule has 14 heavy (non-hydrogen) atoms. The summed E-state index contributed by atoms with van der Waals surface area (Å²) >= 11 is 0. The molecular weight excluding hydrogens is 178 g/mol. The molecule has 0 unspecified atom stereocenters. The molecule has 0 aliphatic carbocycles. The smallest absolute Gasteiger partial charge is 0.251 e. The van der Waals surface area contributed by atoms with Gasteiger partial charge in [0.2, 0.25) is 0 Å². The molecule has 0 bridgehead atoms. The summed E-state index contributed by atoms with van der Waals surface area (Å²) in [6, 6.07) is 4.99. The van der Waals surface area contributed by atoms with Crippen molar-refractivity contribution in [3.63, 3.8) is 0 Å². The number of benzene rings is 1. The lowest BCUT2D eigenvalue weighted by molar-refractivity contribution is 0.0961. The minimum absolute atomic E-state index is 0.128. The maximum Gasteiger partial charge on any atom is 0.251 e. The third kappa shape index (κ3) is 1.87. The highest BCUT2D eigenvalue weighted by atomic mass is 16.3. The zero-order valence-electron chi connectivity index (χ0n) is 8.66. The first-order valence-electron chi connectivity index (χ1n) is 4.62. The fourth-order valence-electron chi connectivity index (χ4n) is 1.49. The van der Waals surface area contributed by atoms with Gasteiger partial charge in [0.1, 0.15) is 5.75 Å². The lowest BCUT2D eigenvalue weighted by Gasteiger charge is -2.13. The van der Waals surface area contributed by atoms with E-state index >= 15 is 0 Å². The number of phenols is 1. The van der Waals surface area contributed by atoms with Gasteiger partial charge in [0.05, 0.1) is 0 Å². The quantitative estimate of drug-likeness (QED) is 0.753. The normalized spacial score (nSPS) is 10.3. The lowest BCUT2D eigenvalue weighted by atomic mass is 9.95. The average Bonchev–Trinajstić information content (AvgIpc) is 2.15. The number of aromatic hydroxyl groups is 1. The van der Waals surface area contributed by atoms with Gasteiger partial charge in [0.25, 0.3) is 5.91 Å². The highest BCUT2D eigenvalue weighted by molar-refractivity contribution is 5.96. The van der Waals surface area contributed by atoms with Crippen molar-refractivity contribution in [3.8, 4) is 5.75 Å². The Morgan fingerprint density at radius 1 is 1.43 bits per heavy atom. The average molecular weight is 193 g/mol. The molecule has 0 saturated carbocycles. The van der Waals surface area contributed by atoms with Gasteiger partial charge in [-0.05, 0) is 18.1 Å². The number of hydrogen-bond donors (Lipinski definition) is 2. The third-order valence-electron chi connectivity index (χ3n) is 2.13. The number of hydrogen-bond acceptors (Lipinski definition) is 2. The molecule has 0 spiro atoms. The minimum Gasteiger partial charge on any atom is -0.508 e. The SMILES string of the molecule is CNC(=O)c1cccc(O)c1C(C)C. The Labute approximate surface area is 83.8 Å². The molecule has 1 rings (SSSR count). The molecule has 0 atom stereocenters. The summed E-state index contributed by atoms with van der Waals surface area (Å²) in [6.45, 7) is 3.89. The van der Waals surface area contributed by atoms with Crippen molar-refractivity contribution in [2.45, 2.75) is 19.8 Å². The summed E-state index contributed by atoms with van der Waals surface area (Å²) < 4.78 is 0. The molecule has 0 aliphatic heterocycles. The second-order valence-electron chi connectivity index (χ2n) is 3.47. The maximum atomic E-state index is 11.5. The Kier molecular flexibility index (Phi) is 3.12. The minimum atomic E-state index is -0.162. The molecule has 76 valence electrons. The van der Waals surface area contributed by atoms with E-state index in [4.69, 9.17) is 0 Å². The highest BCUT2D eigenvalue weighted by Crippen LogP contribution is 2.28. The molecule has 1 amide bonds. The molecule has 2 N–H and O–H groups in total. The second kappa shape index (κ2) is 4.13. The van der Waals surface area contributed by atoms with Crippen LogP contribution in [0.25, 0.3) is 0 Å². The highest BCUT2D eigenvalue weighted by Gasteiger charge is 2.15. The van der Waals surface area contributed by atoms with E-state index in [1.165, 1.54) is 0 Å². The van der Waals surface area contributed by atoms with Crippen LogP contribution >= 0.6 is 0 Å². The van der Waals surface area contributed by atoms with Gasteiger partial charge in [-0.25, -0.2) is 0 Å². The Bertz CT molecular complexity index is 345. The van der Waals surface area contributed by atoms with Gasteiger partial charge in [0.15, 0.2) is 0 Å². The Hall–Kier alpha value is -1.51. The monoisotopic (exact) mass is 193 g/mol. The van der Waals surface area contributed by atoms with Crippen LogP contribution in [-0.2, 0) is 0 Å². The van der Waals surface area contributed by atoms with Crippen molar-refractivity contribution in [2.24, 2.45) is 0 Å². The standard InChI is InChI=1S/C11H15NO2/c1-7(2)10-8(11(14)12-3)5-4-6-9(10)13/h4-7,13H,1-3H3,(H,12,14). The maximum absolute atomic E-state index is 11.5. The van der Waals surface area contributed by atoms with Gasteiger partial charge in [-0.3, -0.25) is 4.79 Å². The summed E-state index contributed by atoms with van der Waals surface area (Å²) in [5.41, 5.74) is 1.24. The largest absolute Gasteiger partial charge is 0.508 e. The molecule has 1 aromatic rings. The predicted molar refractivity (Wildman–Crippen MR) is 55.6 cm³/mol. The summed E-state index contributed by atoms with van der Waals surface area (Å²) in [7, 11) is 1.58. The number of carbonyl (C=O) groups excluding carboxylic acids is 1. The Balaban J connectivity index is 3.28. The van der Waals surface area contributed by atoms with E-state index in [-0.39, 0.29) is 17.6 Å². The first-order valence-corrected chi connectivity index (χ1v) is 4.62. The molecule has 3 heteroatoms. The molecular formula is C11H15NO2. The van der Waals surface area contributed by atoms with Crippen molar-refractivity contribution in [1.29, 1.82) is 0 Å². The van der Waals surface area contributed by atoms with E-state index in [1.807, 2.05) is 13.8 Å². The van der Waals surface area contributed by atoms with Gasteiger partial charge in [-0.15, -0.1) is 0 Å². The van der Waals surface area contributed by atoms with Gasteiger partial charge >= 0.3 is 0 Å². The van der Waals surface area contributed by atoms with E-state index in [9.17, 15) is 9.90 Å². The zero-order valence-corrected chi connectivity index (χ0v) is 8.66. The van der Waals surface area contributed by atoms with Crippen molar-refractivity contribution < 1.29 is 9.90 Å². The van der Waals surface area contributed by atoms with Crippen LogP contribution in [0.4, 0.5) is 0 Å². The molecule has 0 heterocycles. The molecule has 0 radical (unpaired) electrons. The number of amides is 1. The van der Waals surface area contributed by atoms with Crippen LogP contribution in [-0.4, -0.2) is 18.1 Å². The van der Waals surface area contributed by atoms with E-state index < -0.39 is 0 Å². The van der Waals surface area contributed by atoms with Crippen molar-refractivity contribution >= 4 is 5.91 Å². The van der Waals surface area contributed by atoms with Crippen LogP contribution in [0.1, 0.15) is 35.7 Å². The van der Waals surface area contributed by atoms with E-state index in [0.717, 1.165) is 0 Å². The van der Waals surface area contributed by atoms with E-state index in [2.05, 4.69) is 5.32 Å². The molecule has 0 saturated heterocycles. The van der Waals surface area contributed by atoms with Crippen LogP contribution in [0.15, 0.2) is 18.2 Å². The number of phenolic OH excluding ortho intramolecular Hbond substituents is 1. The van der Waals surface area contributed by atoms with Crippen LogP contribution < -0.4 is 5.32 Å². The van der Waals surface area contributed by atoms with Crippen molar-refractivity contribution in [3.05, 3.63) is 29.3 Å². The summed E-state index contributed by atoms with van der Waals surface area (Å²) in [5, 5.41) is 12.2. The fraction of sp³-hybridized carbons (Fsp3) is 0.364. The van der Waals surface area contributed by atoms with E-state index in [1.54, 1.807) is 25.2 Å². The van der Waals surface area contributed by atoms with Crippen molar-refractivity contribution in [2.75, 3.05) is 7.05 Å². The van der Waals surface area contributed by atoms with Crippen molar-refractivity contribution in [1.82, 2.24) is 5.32 Å². The molecule has 1 aromatic carbocycles.